The van der Waals surface area contributed by atoms with Gasteiger partial charge in [0.05, 0.1) is 64.0 Å². The highest BCUT2D eigenvalue weighted by molar-refractivity contribution is 5.76. The van der Waals surface area contributed by atoms with Gasteiger partial charge < -0.3 is 39.2 Å². The summed E-state index contributed by atoms with van der Waals surface area (Å²) in [5.41, 5.74) is 4.18. The molecule has 0 radical (unpaired) electrons. The Morgan fingerprint density at radius 3 is 1.12 bits per heavy atom. The first-order valence-electron chi connectivity index (χ1n) is 36.3. The zero-order valence-corrected chi connectivity index (χ0v) is 55.6. The Bertz CT molecular complexity index is 2180. The van der Waals surface area contributed by atoms with Crippen molar-refractivity contribution in [1.29, 1.82) is 0 Å². The molecule has 0 aromatic heterocycles. The number of carbonyl (C=O) groups is 1. The number of amides is 1. The summed E-state index contributed by atoms with van der Waals surface area (Å²) in [4.78, 5) is 14.0. The third-order valence-electron chi connectivity index (χ3n) is 18.3. The van der Waals surface area contributed by atoms with Crippen molar-refractivity contribution in [2.75, 3.05) is 13.2 Å². The molecular formula is C79H125NO8. The molecule has 0 spiro atoms. The molecule has 1 aliphatic rings. The van der Waals surface area contributed by atoms with E-state index in [4.69, 9.17) is 23.7 Å². The maximum absolute atomic E-state index is 14.0. The van der Waals surface area contributed by atoms with Crippen molar-refractivity contribution in [1.82, 2.24) is 5.32 Å². The van der Waals surface area contributed by atoms with Crippen LogP contribution in [0, 0.1) is 5.92 Å². The van der Waals surface area contributed by atoms with Crippen molar-refractivity contribution in [2.45, 2.75) is 327 Å². The Hall–Kier alpha value is -3.93. The molecule has 0 unspecified atom stereocenters. The molecule has 0 heterocycles. The second-order valence-corrected chi connectivity index (χ2v) is 26.1. The van der Waals surface area contributed by atoms with Crippen molar-refractivity contribution in [3.05, 3.63) is 144 Å². The van der Waals surface area contributed by atoms with Crippen LogP contribution >= 0.6 is 0 Å². The Morgan fingerprint density at radius 1 is 0.409 bits per heavy atom. The van der Waals surface area contributed by atoms with Crippen molar-refractivity contribution in [3.63, 3.8) is 0 Å². The minimum Gasteiger partial charge on any atom is -0.390 e. The molecule has 8 atom stereocenters. The van der Waals surface area contributed by atoms with Gasteiger partial charge in [0.2, 0.25) is 5.91 Å². The first-order chi connectivity index (χ1) is 43.4. The van der Waals surface area contributed by atoms with E-state index >= 15 is 0 Å². The van der Waals surface area contributed by atoms with Gasteiger partial charge in [0.25, 0.3) is 0 Å². The van der Waals surface area contributed by atoms with E-state index in [0.29, 0.717) is 52.3 Å². The van der Waals surface area contributed by atoms with E-state index in [-0.39, 0.29) is 18.4 Å². The molecule has 1 aliphatic carbocycles. The Balaban J connectivity index is 1.18. The average Bonchev–Trinajstić information content (AvgIpc) is 1.40. The summed E-state index contributed by atoms with van der Waals surface area (Å²) >= 11 is 0. The lowest BCUT2D eigenvalue weighted by molar-refractivity contribution is -0.235. The molecule has 0 aliphatic heterocycles. The molecule has 5 rings (SSSR count). The second-order valence-electron chi connectivity index (χ2n) is 26.1. The van der Waals surface area contributed by atoms with Gasteiger partial charge in [-0.3, -0.25) is 4.79 Å². The Kier molecular flexibility index (Phi) is 43.1. The number of hydrogen-bond donors (Lipinski definition) is 3. The number of aliphatic hydroxyl groups is 2. The van der Waals surface area contributed by atoms with Crippen molar-refractivity contribution in [3.8, 4) is 0 Å². The van der Waals surface area contributed by atoms with E-state index in [1.165, 1.54) is 186 Å². The third-order valence-corrected chi connectivity index (χ3v) is 18.3. The smallest absolute Gasteiger partial charge is 0.220 e. The van der Waals surface area contributed by atoms with E-state index in [0.717, 1.165) is 60.8 Å². The SMILES string of the molecule is CCCCCCCCCCCCCCCCCCCCCCCCCC(=O)N[C@@H](CO[C@H]1C[C@H](COCc2ccccc2)[C@H](OCc2ccccc2)[C@H](OCc2ccccc2)[C@H]1OCc1ccccc1)[C@H](O)[C@H](O)CCCCCCCCCCCCCC. The zero-order valence-electron chi connectivity index (χ0n) is 55.6. The van der Waals surface area contributed by atoms with Crippen LogP contribution in [0.5, 0.6) is 0 Å². The first-order valence-corrected chi connectivity index (χ1v) is 36.3. The minimum atomic E-state index is -1.23. The molecule has 9 heteroatoms. The van der Waals surface area contributed by atoms with Crippen LogP contribution < -0.4 is 5.32 Å². The number of aliphatic hydroxyl groups excluding tert-OH is 2. The van der Waals surface area contributed by atoms with Gasteiger partial charge in [-0.1, -0.05) is 353 Å². The van der Waals surface area contributed by atoms with E-state index in [2.05, 4.69) is 67.7 Å². The van der Waals surface area contributed by atoms with Gasteiger partial charge >= 0.3 is 0 Å². The van der Waals surface area contributed by atoms with Crippen molar-refractivity contribution in [2.24, 2.45) is 5.92 Å². The topological polar surface area (TPSA) is 116 Å². The molecule has 494 valence electrons. The highest BCUT2D eigenvalue weighted by Gasteiger charge is 2.48. The molecular weight excluding hydrogens is 1090 g/mol. The number of unbranched alkanes of at least 4 members (excludes halogenated alkanes) is 33. The number of rotatable bonds is 56. The van der Waals surface area contributed by atoms with Gasteiger partial charge in [0.15, 0.2) is 0 Å². The van der Waals surface area contributed by atoms with Crippen LogP contribution in [0.4, 0.5) is 0 Å². The Labute approximate surface area is 537 Å². The van der Waals surface area contributed by atoms with Crippen LogP contribution in [0.3, 0.4) is 0 Å². The van der Waals surface area contributed by atoms with Crippen LogP contribution in [0.25, 0.3) is 0 Å². The van der Waals surface area contributed by atoms with Crippen LogP contribution in [-0.2, 0) is 54.9 Å². The molecule has 88 heavy (non-hydrogen) atoms. The van der Waals surface area contributed by atoms with E-state index < -0.39 is 42.7 Å². The molecule has 0 bridgehead atoms. The van der Waals surface area contributed by atoms with Gasteiger partial charge in [-0.05, 0) is 41.5 Å². The van der Waals surface area contributed by atoms with Crippen LogP contribution in [0.15, 0.2) is 121 Å². The minimum absolute atomic E-state index is 0.0176. The fourth-order valence-electron chi connectivity index (χ4n) is 12.8. The highest BCUT2D eigenvalue weighted by Crippen LogP contribution is 2.36. The van der Waals surface area contributed by atoms with Gasteiger partial charge in [0, 0.05) is 12.3 Å². The van der Waals surface area contributed by atoms with E-state index in [1.54, 1.807) is 0 Å². The normalized spacial score (nSPS) is 17.9. The van der Waals surface area contributed by atoms with Gasteiger partial charge in [0.1, 0.15) is 18.3 Å². The van der Waals surface area contributed by atoms with E-state index in [1.807, 2.05) is 72.8 Å². The average molecular weight is 1220 g/mol. The number of nitrogens with one attached hydrogen (secondary N) is 1. The lowest BCUT2D eigenvalue weighted by Gasteiger charge is -2.46. The number of hydrogen-bond acceptors (Lipinski definition) is 8. The largest absolute Gasteiger partial charge is 0.390 e. The van der Waals surface area contributed by atoms with Gasteiger partial charge in [-0.2, -0.15) is 0 Å². The second kappa shape index (κ2) is 50.7. The highest BCUT2D eigenvalue weighted by atomic mass is 16.6. The van der Waals surface area contributed by atoms with Crippen LogP contribution in [-0.4, -0.2) is 72.0 Å². The third kappa shape index (κ3) is 34.5. The summed E-state index contributed by atoms with van der Waals surface area (Å²) in [5, 5.41) is 27.1. The maximum atomic E-state index is 14.0. The first kappa shape index (κ1) is 74.8. The number of benzene rings is 4. The lowest BCUT2D eigenvalue weighted by Crippen LogP contribution is -2.59. The standard InChI is InChI=1S/C79H125NO8/c1-3-5-7-9-11-13-15-17-18-19-20-21-22-23-24-25-26-27-29-31-33-35-49-59-75(82)80-72(76(83)73(81)58-48-34-32-30-28-16-14-12-10-8-6-4-2)66-85-74-60-71(65-84-61-67-50-40-36-41-51-67)77(86-62-68-52-42-37-43-53-68)79(88-64-70-56-46-39-47-57-70)78(74)87-63-69-54-44-38-45-55-69/h36-47,50-57,71-74,76-79,81,83H,3-35,48-49,58-66H2,1-2H3,(H,80,82)/t71-,72+,73-,74+,76+,77+,78+,79+/m1/s1. The maximum Gasteiger partial charge on any atom is 0.220 e. The summed E-state index contributed by atoms with van der Waals surface area (Å²) in [6.45, 7) is 6.38. The van der Waals surface area contributed by atoms with E-state index in [9.17, 15) is 15.0 Å². The lowest BCUT2D eigenvalue weighted by atomic mass is 9.80. The summed E-state index contributed by atoms with van der Waals surface area (Å²) in [5.74, 6) is -0.303. The number of ether oxygens (including phenoxy) is 5. The van der Waals surface area contributed by atoms with Crippen LogP contribution in [0.1, 0.15) is 280 Å². The molecule has 9 nitrogen and oxygen atoms in total. The summed E-state index contributed by atoms with van der Waals surface area (Å²) in [7, 11) is 0. The molecule has 1 saturated carbocycles. The summed E-state index contributed by atoms with van der Waals surface area (Å²) < 4.78 is 34.7. The number of carbonyl (C=O) groups excluding carboxylic acids is 1. The zero-order chi connectivity index (χ0) is 62.0. The van der Waals surface area contributed by atoms with Crippen molar-refractivity contribution < 1.29 is 38.7 Å². The summed E-state index contributed by atoms with van der Waals surface area (Å²) in [6, 6.07) is 40.0. The molecule has 4 aromatic carbocycles. The predicted octanol–water partition coefficient (Wildman–Crippen LogP) is 20.0. The molecule has 3 N–H and O–H groups in total. The fraction of sp³-hybridized carbons (Fsp3) is 0.684. The molecule has 1 amide bonds. The van der Waals surface area contributed by atoms with Gasteiger partial charge in [-0.25, -0.2) is 0 Å². The monoisotopic (exact) mass is 1220 g/mol. The molecule has 0 saturated heterocycles. The van der Waals surface area contributed by atoms with Crippen LogP contribution in [0.2, 0.25) is 0 Å². The Morgan fingerprint density at radius 2 is 0.739 bits per heavy atom. The predicted molar refractivity (Wildman–Crippen MR) is 365 cm³/mol. The quantitative estimate of drug-likeness (QED) is 0.0375. The van der Waals surface area contributed by atoms with Crippen molar-refractivity contribution >= 4 is 5.91 Å². The molecule has 1 fully saturated rings. The molecule has 4 aromatic rings. The fourth-order valence-corrected chi connectivity index (χ4v) is 12.8. The summed E-state index contributed by atoms with van der Waals surface area (Å²) in [6.07, 6.45) is 42.0. The van der Waals surface area contributed by atoms with Gasteiger partial charge in [-0.15, -0.1) is 0 Å².